The van der Waals surface area contributed by atoms with Crippen molar-refractivity contribution >= 4 is 33.6 Å². The van der Waals surface area contributed by atoms with E-state index < -0.39 is 29.3 Å². The van der Waals surface area contributed by atoms with E-state index in [9.17, 15) is 14.7 Å². The third kappa shape index (κ3) is 4.09. The van der Waals surface area contributed by atoms with Gasteiger partial charge in [0.2, 0.25) is 0 Å². The summed E-state index contributed by atoms with van der Waals surface area (Å²) in [6.07, 6.45) is -0.359. The number of aliphatic hydroxyl groups excluding tert-OH is 1. The molecule has 2 amide bonds. The zero-order valence-corrected chi connectivity index (χ0v) is 17.6. The molecule has 0 radical (unpaired) electrons. The molecule has 0 bridgehead atoms. The number of hydrogen-bond acceptors (Lipinski definition) is 4. The Morgan fingerprint density at radius 3 is 2.56 bits per heavy atom. The first-order valence-electron chi connectivity index (χ1n) is 9.05. The third-order valence-electron chi connectivity index (χ3n) is 5.02. The summed E-state index contributed by atoms with van der Waals surface area (Å²) in [5, 5.41) is 10.1. The highest BCUT2D eigenvalue weighted by atomic mass is 79.9. The molecular formula is C20H25BrN2O4. The number of aliphatic imine (C=N–C) groups is 1. The molecule has 7 heteroatoms. The Balaban J connectivity index is 1.83. The van der Waals surface area contributed by atoms with Crippen LogP contribution in [0.25, 0.3) is 0 Å². The van der Waals surface area contributed by atoms with Crippen LogP contribution in [0.5, 0.6) is 0 Å². The van der Waals surface area contributed by atoms with E-state index in [0.29, 0.717) is 18.6 Å². The number of halogens is 1. The Hall–Kier alpha value is -1.73. The first-order valence-corrected chi connectivity index (χ1v) is 9.84. The summed E-state index contributed by atoms with van der Waals surface area (Å²) in [7, 11) is 0. The van der Waals surface area contributed by atoms with E-state index in [2.05, 4.69) is 20.9 Å². The van der Waals surface area contributed by atoms with Crippen LogP contribution in [0, 0.1) is 0 Å². The fourth-order valence-corrected chi connectivity index (χ4v) is 3.88. The van der Waals surface area contributed by atoms with Crippen molar-refractivity contribution < 1.29 is 19.4 Å². The summed E-state index contributed by atoms with van der Waals surface area (Å²) < 4.78 is 6.41. The number of amides is 2. The van der Waals surface area contributed by atoms with Gasteiger partial charge >= 0.3 is 6.09 Å². The first kappa shape index (κ1) is 20.0. The average molecular weight is 437 g/mol. The quantitative estimate of drug-likeness (QED) is 0.769. The van der Waals surface area contributed by atoms with Crippen LogP contribution >= 0.6 is 15.9 Å². The Morgan fingerprint density at radius 2 is 1.96 bits per heavy atom. The molecule has 3 atom stereocenters. The minimum atomic E-state index is -0.761. The molecule has 0 spiro atoms. The molecule has 0 aromatic heterocycles. The fourth-order valence-electron chi connectivity index (χ4n) is 3.62. The number of nitrogens with zero attached hydrogens (tertiary/aromatic N) is 2. The SMILES string of the molecule is CC(C)(C)OC(=O)N1C[C@H](O)CC1C1=NC(=O)C(C)(c2ccc(Br)cc2)C1. The van der Waals surface area contributed by atoms with E-state index in [0.717, 1.165) is 10.0 Å². The molecule has 1 saturated heterocycles. The highest BCUT2D eigenvalue weighted by Crippen LogP contribution is 2.38. The van der Waals surface area contributed by atoms with Crippen LogP contribution in [0.1, 0.15) is 46.1 Å². The van der Waals surface area contributed by atoms with Gasteiger partial charge < -0.3 is 9.84 Å². The maximum absolute atomic E-state index is 12.7. The Morgan fingerprint density at radius 1 is 1.33 bits per heavy atom. The number of carbonyl (C=O) groups excluding carboxylic acids is 2. The molecule has 0 aliphatic carbocycles. The van der Waals surface area contributed by atoms with Gasteiger partial charge in [-0.05, 0) is 45.4 Å². The van der Waals surface area contributed by atoms with Crippen molar-refractivity contribution in [2.75, 3.05) is 6.54 Å². The molecule has 2 aliphatic rings. The molecule has 146 valence electrons. The van der Waals surface area contributed by atoms with Crippen molar-refractivity contribution in [2.24, 2.45) is 4.99 Å². The van der Waals surface area contributed by atoms with Crippen molar-refractivity contribution in [2.45, 2.75) is 63.7 Å². The fraction of sp³-hybridized carbons (Fsp3) is 0.550. The number of hydrogen-bond donors (Lipinski definition) is 1. The highest BCUT2D eigenvalue weighted by Gasteiger charge is 2.47. The van der Waals surface area contributed by atoms with Crippen molar-refractivity contribution in [3.8, 4) is 0 Å². The van der Waals surface area contributed by atoms with Crippen LogP contribution in [-0.4, -0.2) is 52.0 Å². The van der Waals surface area contributed by atoms with Crippen molar-refractivity contribution in [1.82, 2.24) is 4.90 Å². The Labute approximate surface area is 167 Å². The lowest BCUT2D eigenvalue weighted by atomic mass is 9.78. The van der Waals surface area contributed by atoms with Gasteiger partial charge in [-0.3, -0.25) is 9.69 Å². The minimum Gasteiger partial charge on any atom is -0.444 e. The lowest BCUT2D eigenvalue weighted by molar-refractivity contribution is -0.121. The standard InChI is InChI=1S/C20H25BrN2O4/c1-19(2,3)27-18(26)23-11-14(24)9-16(23)15-10-20(4,17(25)22-15)12-5-7-13(21)8-6-12/h5-8,14,16,24H,9-11H2,1-4H3/t14-,16?,20?/m1/s1. The molecule has 2 aliphatic heterocycles. The lowest BCUT2D eigenvalue weighted by Crippen LogP contribution is -2.43. The first-order chi connectivity index (χ1) is 12.5. The molecule has 1 aromatic rings. The Bertz CT molecular complexity index is 784. The van der Waals surface area contributed by atoms with Crippen molar-refractivity contribution in [3.05, 3.63) is 34.3 Å². The Kier molecular flexibility index (Phi) is 5.20. The number of benzene rings is 1. The van der Waals surface area contributed by atoms with E-state index in [-0.39, 0.29) is 12.5 Å². The van der Waals surface area contributed by atoms with Crippen LogP contribution in [0.15, 0.2) is 33.7 Å². The molecule has 0 saturated carbocycles. The second-order valence-corrected chi connectivity index (χ2v) is 9.38. The van der Waals surface area contributed by atoms with Gasteiger partial charge in [-0.2, -0.15) is 0 Å². The smallest absolute Gasteiger partial charge is 0.410 e. The molecule has 2 heterocycles. The molecule has 1 aromatic carbocycles. The van der Waals surface area contributed by atoms with Gasteiger partial charge in [-0.15, -0.1) is 0 Å². The average Bonchev–Trinajstić information content (AvgIpc) is 3.08. The van der Waals surface area contributed by atoms with E-state index in [1.165, 1.54) is 4.90 Å². The van der Waals surface area contributed by atoms with Gasteiger partial charge in [0.15, 0.2) is 0 Å². The van der Waals surface area contributed by atoms with Crippen LogP contribution in [0.4, 0.5) is 4.79 Å². The largest absolute Gasteiger partial charge is 0.444 e. The van der Waals surface area contributed by atoms with Crippen LogP contribution in [0.3, 0.4) is 0 Å². The monoisotopic (exact) mass is 436 g/mol. The summed E-state index contributed by atoms with van der Waals surface area (Å²) in [6, 6.07) is 7.21. The van der Waals surface area contributed by atoms with Gasteiger partial charge in [-0.25, -0.2) is 9.79 Å². The van der Waals surface area contributed by atoms with Gasteiger partial charge in [0, 0.05) is 23.0 Å². The molecule has 6 nitrogen and oxygen atoms in total. The lowest BCUT2D eigenvalue weighted by Gasteiger charge is -2.29. The predicted molar refractivity (Wildman–Crippen MR) is 106 cm³/mol. The zero-order valence-electron chi connectivity index (χ0n) is 16.0. The second kappa shape index (κ2) is 7.02. The number of β-amino-alcohol motifs (C(OH)–C–C–N with tert-alkyl or cyclic N) is 1. The number of aliphatic hydroxyl groups is 1. The molecule has 27 heavy (non-hydrogen) atoms. The molecule has 2 unspecified atom stereocenters. The highest BCUT2D eigenvalue weighted by molar-refractivity contribution is 9.10. The van der Waals surface area contributed by atoms with Crippen molar-refractivity contribution in [1.29, 1.82) is 0 Å². The predicted octanol–water partition coefficient (Wildman–Crippen LogP) is 3.45. The van der Waals surface area contributed by atoms with Crippen molar-refractivity contribution in [3.63, 3.8) is 0 Å². The van der Waals surface area contributed by atoms with Gasteiger partial charge in [0.25, 0.3) is 5.91 Å². The maximum atomic E-state index is 12.7. The molecular weight excluding hydrogens is 412 g/mol. The maximum Gasteiger partial charge on any atom is 0.410 e. The van der Waals surface area contributed by atoms with E-state index in [1.54, 1.807) is 20.8 Å². The molecule has 1 fully saturated rings. The van der Waals surface area contributed by atoms with Crippen LogP contribution in [0.2, 0.25) is 0 Å². The topological polar surface area (TPSA) is 79.2 Å². The second-order valence-electron chi connectivity index (χ2n) is 8.46. The third-order valence-corrected chi connectivity index (χ3v) is 5.55. The number of likely N-dealkylation sites (tertiary alicyclic amines) is 1. The summed E-state index contributed by atoms with van der Waals surface area (Å²) in [5.41, 5.74) is 0.127. The van der Waals surface area contributed by atoms with Crippen LogP contribution < -0.4 is 0 Å². The zero-order chi connectivity index (χ0) is 20.0. The summed E-state index contributed by atoms with van der Waals surface area (Å²) in [5.74, 6) is -0.217. The van der Waals surface area contributed by atoms with Gasteiger partial charge in [-0.1, -0.05) is 28.1 Å². The molecule has 3 rings (SSSR count). The number of rotatable bonds is 2. The molecule has 1 N–H and O–H groups in total. The van der Waals surface area contributed by atoms with E-state index >= 15 is 0 Å². The van der Waals surface area contributed by atoms with E-state index in [1.807, 2.05) is 31.2 Å². The van der Waals surface area contributed by atoms with Gasteiger partial charge in [0.1, 0.15) is 5.60 Å². The van der Waals surface area contributed by atoms with Crippen LogP contribution in [-0.2, 0) is 14.9 Å². The number of carbonyl (C=O) groups is 2. The van der Waals surface area contributed by atoms with Gasteiger partial charge in [0.05, 0.1) is 24.1 Å². The summed E-state index contributed by atoms with van der Waals surface area (Å²) in [6.45, 7) is 7.45. The minimum absolute atomic E-state index is 0.182. The normalized spacial score (nSPS) is 28.4. The summed E-state index contributed by atoms with van der Waals surface area (Å²) in [4.78, 5) is 31.1. The summed E-state index contributed by atoms with van der Waals surface area (Å²) >= 11 is 3.41. The van der Waals surface area contributed by atoms with E-state index in [4.69, 9.17) is 4.74 Å². The number of ether oxygens (including phenoxy) is 1.